The average Bonchev–Trinajstić information content (AvgIpc) is 3.14. The van der Waals surface area contributed by atoms with Gasteiger partial charge in [0.05, 0.1) is 25.4 Å². The minimum Gasteiger partial charge on any atom is -0.378 e. The number of halogens is 2. The van der Waals surface area contributed by atoms with Crippen molar-refractivity contribution in [3.05, 3.63) is 29.6 Å². The van der Waals surface area contributed by atoms with Gasteiger partial charge in [-0.1, -0.05) is 18.9 Å². The van der Waals surface area contributed by atoms with Crippen LogP contribution in [0.2, 0.25) is 0 Å². The molecule has 3 rings (SSSR count). The van der Waals surface area contributed by atoms with Crippen molar-refractivity contribution < 1.29 is 9.13 Å². The third-order valence-electron chi connectivity index (χ3n) is 4.82. The van der Waals surface area contributed by atoms with Crippen LogP contribution in [0.25, 0.3) is 0 Å². The Balaban J connectivity index is 0.00000243. The Morgan fingerprint density at radius 1 is 1.27 bits per heavy atom. The highest BCUT2D eigenvalue weighted by Gasteiger charge is 2.17. The molecule has 2 fully saturated rings. The number of anilines is 1. The molecule has 7 heteroatoms. The van der Waals surface area contributed by atoms with E-state index in [9.17, 15) is 4.39 Å². The fourth-order valence-electron chi connectivity index (χ4n) is 3.46. The summed E-state index contributed by atoms with van der Waals surface area (Å²) in [5.41, 5.74) is 1.55. The summed E-state index contributed by atoms with van der Waals surface area (Å²) in [6, 6.07) is 5.95. The molecule has 1 heterocycles. The zero-order valence-corrected chi connectivity index (χ0v) is 17.8. The van der Waals surface area contributed by atoms with E-state index in [1.54, 1.807) is 6.07 Å². The highest BCUT2D eigenvalue weighted by Crippen LogP contribution is 2.22. The third kappa shape index (κ3) is 5.97. The summed E-state index contributed by atoms with van der Waals surface area (Å²) in [6.45, 7) is 6.15. The maximum atomic E-state index is 14.5. The molecule has 1 saturated carbocycles. The fraction of sp³-hybridized carbons (Fsp3) is 0.632. The standard InChI is InChI=1S/C19H29FN4O.HI/c1-2-21-19(23-16-5-3-4-6-16)22-14-15-7-8-18(17(20)13-15)24-9-11-25-12-10-24;/h7-8,13,16H,2-6,9-12,14H2,1H3,(H2,21,22,23);1H. The molecule has 146 valence electrons. The molecule has 2 N–H and O–H groups in total. The molecule has 0 amide bonds. The number of ether oxygens (including phenoxy) is 1. The van der Waals surface area contributed by atoms with Crippen LogP contribution in [-0.4, -0.2) is 44.8 Å². The van der Waals surface area contributed by atoms with Gasteiger partial charge in [-0.05, 0) is 37.5 Å². The molecule has 26 heavy (non-hydrogen) atoms. The van der Waals surface area contributed by atoms with Gasteiger partial charge in [-0.15, -0.1) is 24.0 Å². The van der Waals surface area contributed by atoms with Crippen LogP contribution in [0.4, 0.5) is 10.1 Å². The summed E-state index contributed by atoms with van der Waals surface area (Å²) < 4.78 is 19.8. The lowest BCUT2D eigenvalue weighted by atomic mass is 10.1. The smallest absolute Gasteiger partial charge is 0.191 e. The largest absolute Gasteiger partial charge is 0.378 e. The van der Waals surface area contributed by atoms with Crippen molar-refractivity contribution in [3.8, 4) is 0 Å². The van der Waals surface area contributed by atoms with E-state index in [0.29, 0.717) is 31.5 Å². The summed E-state index contributed by atoms with van der Waals surface area (Å²) in [4.78, 5) is 6.66. The molecule has 1 aliphatic carbocycles. The quantitative estimate of drug-likeness (QED) is 0.389. The summed E-state index contributed by atoms with van der Waals surface area (Å²) >= 11 is 0. The molecule has 0 aromatic heterocycles. The number of benzene rings is 1. The third-order valence-corrected chi connectivity index (χ3v) is 4.82. The number of nitrogens with one attached hydrogen (secondary N) is 2. The zero-order valence-electron chi connectivity index (χ0n) is 15.5. The molecule has 0 bridgehead atoms. The van der Waals surface area contributed by atoms with E-state index in [0.717, 1.165) is 31.2 Å². The molecule has 1 aromatic carbocycles. The van der Waals surface area contributed by atoms with Gasteiger partial charge < -0.3 is 20.3 Å². The lowest BCUT2D eigenvalue weighted by Gasteiger charge is -2.29. The van der Waals surface area contributed by atoms with Gasteiger partial charge >= 0.3 is 0 Å². The second-order valence-corrected chi connectivity index (χ2v) is 6.71. The Hall–Kier alpha value is -1.09. The van der Waals surface area contributed by atoms with Gasteiger partial charge in [-0.2, -0.15) is 0 Å². The molecule has 0 spiro atoms. The van der Waals surface area contributed by atoms with Crippen LogP contribution in [0.1, 0.15) is 38.2 Å². The lowest BCUT2D eigenvalue weighted by Crippen LogP contribution is -2.42. The molecular weight excluding hydrogens is 446 g/mol. The van der Waals surface area contributed by atoms with Gasteiger partial charge in [0.25, 0.3) is 0 Å². The Labute approximate surface area is 172 Å². The van der Waals surface area contributed by atoms with Crippen LogP contribution in [0.5, 0.6) is 0 Å². The van der Waals surface area contributed by atoms with Crippen molar-refractivity contribution >= 4 is 35.6 Å². The van der Waals surface area contributed by atoms with Crippen LogP contribution >= 0.6 is 24.0 Å². The molecule has 2 aliphatic rings. The summed E-state index contributed by atoms with van der Waals surface area (Å²) in [6.07, 6.45) is 4.97. The molecule has 1 aliphatic heterocycles. The Morgan fingerprint density at radius 3 is 2.65 bits per heavy atom. The van der Waals surface area contributed by atoms with Gasteiger partial charge in [0.2, 0.25) is 0 Å². The topological polar surface area (TPSA) is 48.9 Å². The van der Waals surface area contributed by atoms with E-state index in [4.69, 9.17) is 4.74 Å². The number of hydrogen-bond donors (Lipinski definition) is 2. The molecule has 1 saturated heterocycles. The van der Waals surface area contributed by atoms with Crippen molar-refractivity contribution in [2.45, 2.75) is 45.2 Å². The van der Waals surface area contributed by atoms with Crippen LogP contribution in [-0.2, 0) is 11.3 Å². The van der Waals surface area contributed by atoms with Crippen LogP contribution in [0, 0.1) is 5.82 Å². The van der Waals surface area contributed by atoms with E-state index < -0.39 is 0 Å². The Bertz CT molecular complexity index is 587. The van der Waals surface area contributed by atoms with Crippen molar-refractivity contribution in [1.29, 1.82) is 0 Å². The normalized spacial score (nSPS) is 18.5. The first-order valence-electron chi connectivity index (χ1n) is 9.42. The summed E-state index contributed by atoms with van der Waals surface area (Å²) in [7, 11) is 0. The van der Waals surface area contributed by atoms with Crippen molar-refractivity contribution in [3.63, 3.8) is 0 Å². The predicted molar refractivity (Wildman–Crippen MR) is 115 cm³/mol. The maximum absolute atomic E-state index is 14.5. The van der Waals surface area contributed by atoms with Gasteiger partial charge in [0.15, 0.2) is 5.96 Å². The molecule has 0 atom stereocenters. The summed E-state index contributed by atoms with van der Waals surface area (Å²) in [5, 5.41) is 6.77. The second-order valence-electron chi connectivity index (χ2n) is 6.71. The highest BCUT2D eigenvalue weighted by molar-refractivity contribution is 14.0. The van der Waals surface area contributed by atoms with E-state index >= 15 is 0 Å². The molecular formula is C19H30FIN4O. The predicted octanol–water partition coefficient (Wildman–Crippen LogP) is 3.28. The fourth-order valence-corrected chi connectivity index (χ4v) is 3.46. The average molecular weight is 476 g/mol. The van der Waals surface area contributed by atoms with E-state index in [1.807, 2.05) is 17.0 Å². The number of hydrogen-bond acceptors (Lipinski definition) is 3. The number of aliphatic imine (C=N–C) groups is 1. The SMILES string of the molecule is CCNC(=NCc1ccc(N2CCOCC2)c(F)c1)NC1CCCC1.I. The van der Waals surface area contributed by atoms with Crippen molar-refractivity contribution in [2.75, 3.05) is 37.7 Å². The Morgan fingerprint density at radius 2 is 2.00 bits per heavy atom. The van der Waals surface area contributed by atoms with E-state index in [-0.39, 0.29) is 29.8 Å². The second kappa shape index (κ2) is 10.9. The minimum atomic E-state index is -0.177. The first kappa shape index (κ1) is 21.2. The summed E-state index contributed by atoms with van der Waals surface area (Å²) in [5.74, 6) is 0.649. The van der Waals surface area contributed by atoms with Crippen LogP contribution in [0.3, 0.4) is 0 Å². The Kier molecular flexibility index (Phi) is 8.90. The van der Waals surface area contributed by atoms with Crippen LogP contribution < -0.4 is 15.5 Å². The number of morpholine rings is 1. The molecule has 5 nitrogen and oxygen atoms in total. The molecule has 0 unspecified atom stereocenters. The van der Waals surface area contributed by atoms with Gasteiger partial charge in [0, 0.05) is 25.7 Å². The monoisotopic (exact) mass is 476 g/mol. The van der Waals surface area contributed by atoms with E-state index in [2.05, 4.69) is 22.5 Å². The van der Waals surface area contributed by atoms with Gasteiger partial charge in [-0.3, -0.25) is 0 Å². The first-order chi connectivity index (χ1) is 12.3. The lowest BCUT2D eigenvalue weighted by molar-refractivity contribution is 0.122. The van der Waals surface area contributed by atoms with Gasteiger partial charge in [0.1, 0.15) is 5.82 Å². The van der Waals surface area contributed by atoms with Crippen molar-refractivity contribution in [2.24, 2.45) is 4.99 Å². The highest BCUT2D eigenvalue weighted by atomic mass is 127. The molecule has 0 radical (unpaired) electrons. The molecule has 1 aromatic rings. The van der Waals surface area contributed by atoms with Crippen molar-refractivity contribution in [1.82, 2.24) is 10.6 Å². The zero-order chi connectivity index (χ0) is 17.5. The number of guanidine groups is 1. The van der Waals surface area contributed by atoms with E-state index in [1.165, 1.54) is 25.7 Å². The van der Waals surface area contributed by atoms with Gasteiger partial charge in [-0.25, -0.2) is 9.38 Å². The first-order valence-corrected chi connectivity index (χ1v) is 9.42. The number of rotatable bonds is 5. The number of nitrogens with zero attached hydrogens (tertiary/aromatic N) is 2. The minimum absolute atomic E-state index is 0. The van der Waals surface area contributed by atoms with Crippen LogP contribution in [0.15, 0.2) is 23.2 Å². The maximum Gasteiger partial charge on any atom is 0.191 e.